The minimum Gasteiger partial charge on any atom is -0.464 e. The van der Waals surface area contributed by atoms with Crippen molar-refractivity contribution >= 4 is 173 Å². The molecule has 21 rings (SSSR count). The van der Waals surface area contributed by atoms with Crippen LogP contribution in [0.25, 0.3) is 219 Å². The van der Waals surface area contributed by atoms with E-state index in [0.29, 0.717) is 23.0 Å². The van der Waals surface area contributed by atoms with Gasteiger partial charge in [0.25, 0.3) is 0 Å². The van der Waals surface area contributed by atoms with Crippen molar-refractivity contribution in [3.63, 3.8) is 0 Å². The highest BCUT2D eigenvalue weighted by Crippen LogP contribution is 2.56. The van der Waals surface area contributed by atoms with Gasteiger partial charge >= 0.3 is 0 Å². The molecule has 8 heterocycles. The Morgan fingerprint density at radius 3 is 0.631 bits per heavy atom. The standard InChI is InChI=1S/C76H38N4O4/c1-13-37-14-2-22-42-53(37)41(21-1)57-58(42)70-66(50-30-10-34-82-50)72-61-45-25-5-17-39-18-6-26-46(55(39)45)62(61)74(79-72)68(52-32-12-36-84-52)76-64-48-28-8-20-40-19-7-27-47(56(40)48)63(64)75(80-76)67(51-31-11-35-83-51)73-60-44-24-4-16-38-15-3-23-43(54(38)44)59(60)71(78-73)65(69(57)77-70)49-29-9-33-81-49/h1-36,77,80H. The van der Waals surface area contributed by atoms with E-state index in [1.807, 2.05) is 24.3 Å². The number of furan rings is 4. The number of aromatic amines is 2. The number of H-pyrrole nitrogens is 2. The lowest BCUT2D eigenvalue weighted by Gasteiger charge is -2.05. The number of hydrogen-bond donors (Lipinski definition) is 2. The van der Waals surface area contributed by atoms with E-state index in [9.17, 15) is 0 Å². The van der Waals surface area contributed by atoms with Crippen molar-refractivity contribution in [2.45, 2.75) is 0 Å². The van der Waals surface area contributed by atoms with E-state index >= 15 is 0 Å². The fourth-order valence-electron chi connectivity index (χ4n) is 15.7. The number of hydrogen-bond acceptors (Lipinski definition) is 6. The van der Waals surface area contributed by atoms with E-state index in [4.69, 9.17) is 27.6 Å². The van der Waals surface area contributed by atoms with Crippen LogP contribution in [-0.2, 0) is 0 Å². The first kappa shape index (κ1) is 43.3. The number of benzene rings is 8. The zero-order chi connectivity index (χ0) is 54.2. The third-order valence-corrected chi connectivity index (χ3v) is 18.7. The molecule has 0 atom stereocenters. The van der Waals surface area contributed by atoms with Gasteiger partial charge in [-0.1, -0.05) is 146 Å². The predicted octanol–water partition coefficient (Wildman–Crippen LogP) is 21.5. The third kappa shape index (κ3) is 5.18. The Bertz CT molecular complexity index is 5370. The molecule has 0 saturated heterocycles. The quantitative estimate of drug-likeness (QED) is 0.182. The highest BCUT2D eigenvalue weighted by Gasteiger charge is 2.32. The van der Waals surface area contributed by atoms with Crippen LogP contribution in [-0.4, -0.2) is 19.9 Å². The molecule has 13 aromatic carbocycles. The van der Waals surface area contributed by atoms with Gasteiger partial charge in [0.1, 0.15) is 23.0 Å². The van der Waals surface area contributed by atoms with Gasteiger partial charge in [-0.05, 0) is 135 Å². The number of nitrogens with zero attached hydrogens (tertiary/aromatic N) is 2. The Morgan fingerprint density at radius 1 is 0.214 bits per heavy atom. The first-order valence-electron chi connectivity index (χ1n) is 28.4. The first-order valence-corrected chi connectivity index (χ1v) is 28.4. The predicted molar refractivity (Wildman–Crippen MR) is 344 cm³/mol. The van der Waals surface area contributed by atoms with Crippen molar-refractivity contribution in [3.05, 3.63) is 219 Å². The second-order valence-electron chi connectivity index (χ2n) is 22.6. The smallest absolute Gasteiger partial charge is 0.138 e. The van der Waals surface area contributed by atoms with Crippen LogP contribution in [0.3, 0.4) is 0 Å². The van der Waals surface area contributed by atoms with Gasteiger partial charge in [0.15, 0.2) is 0 Å². The van der Waals surface area contributed by atoms with Gasteiger partial charge in [-0.25, -0.2) is 9.97 Å². The summed E-state index contributed by atoms with van der Waals surface area (Å²) in [5, 5.41) is 26.5. The van der Waals surface area contributed by atoms with E-state index in [0.717, 1.165) is 174 Å². The molecular formula is C76H38N4O4. The van der Waals surface area contributed by atoms with Crippen molar-refractivity contribution in [2.24, 2.45) is 0 Å². The Hall–Kier alpha value is -11.5. The average molecular weight is 1070 g/mol. The molecule has 0 radical (unpaired) electrons. The Balaban J connectivity index is 1.18. The van der Waals surface area contributed by atoms with E-state index in [2.05, 4.69) is 180 Å². The zero-order valence-corrected chi connectivity index (χ0v) is 44.3. The molecule has 0 saturated carbocycles. The van der Waals surface area contributed by atoms with Crippen LogP contribution in [0, 0.1) is 0 Å². The van der Waals surface area contributed by atoms with E-state index in [-0.39, 0.29) is 0 Å². The van der Waals surface area contributed by atoms with Gasteiger partial charge in [0, 0.05) is 43.1 Å². The normalized spacial score (nSPS) is 12.8. The Morgan fingerprint density at radius 2 is 0.429 bits per heavy atom. The third-order valence-electron chi connectivity index (χ3n) is 18.7. The summed E-state index contributed by atoms with van der Waals surface area (Å²) in [6.07, 6.45) is 7.08. The molecular weight excluding hydrogens is 1030 g/mol. The Kier molecular flexibility index (Phi) is 7.89. The molecule has 8 heteroatoms. The monoisotopic (exact) mass is 1070 g/mol. The van der Waals surface area contributed by atoms with Crippen molar-refractivity contribution in [1.82, 2.24) is 19.9 Å². The van der Waals surface area contributed by atoms with Gasteiger partial charge in [0.05, 0.1) is 91.4 Å². The van der Waals surface area contributed by atoms with Crippen LogP contribution in [0.15, 0.2) is 237 Å². The van der Waals surface area contributed by atoms with E-state index < -0.39 is 0 Å². The molecule has 84 heavy (non-hydrogen) atoms. The minimum atomic E-state index is 0.670. The summed E-state index contributed by atoms with van der Waals surface area (Å²) in [6, 6.07) is 69.4. The molecule has 0 amide bonds. The molecule has 8 bridgehead atoms. The molecule has 0 spiro atoms. The van der Waals surface area contributed by atoms with Gasteiger partial charge in [-0.3, -0.25) is 0 Å². The molecule has 0 aliphatic heterocycles. The van der Waals surface area contributed by atoms with Crippen molar-refractivity contribution in [1.29, 1.82) is 0 Å². The zero-order valence-electron chi connectivity index (χ0n) is 44.3. The number of aromatic nitrogens is 4. The second kappa shape index (κ2) is 15.3. The van der Waals surface area contributed by atoms with E-state index in [1.54, 1.807) is 25.1 Å². The van der Waals surface area contributed by atoms with Crippen LogP contribution in [0.1, 0.15) is 0 Å². The minimum absolute atomic E-state index is 0.670. The van der Waals surface area contributed by atoms with Crippen LogP contribution in [0.5, 0.6) is 0 Å². The van der Waals surface area contributed by atoms with Gasteiger partial charge in [-0.2, -0.15) is 0 Å². The highest BCUT2D eigenvalue weighted by atomic mass is 16.3. The summed E-state index contributed by atoms with van der Waals surface area (Å²) in [7, 11) is 0. The van der Waals surface area contributed by atoms with Crippen molar-refractivity contribution < 1.29 is 17.7 Å². The molecule has 0 aliphatic rings. The van der Waals surface area contributed by atoms with Crippen LogP contribution in [0.4, 0.5) is 0 Å². The maximum absolute atomic E-state index is 6.80. The average Bonchev–Trinajstić information content (AvgIpc) is 1.88. The fourth-order valence-corrected chi connectivity index (χ4v) is 15.7. The van der Waals surface area contributed by atoms with Crippen LogP contribution < -0.4 is 0 Å². The molecule has 0 aliphatic carbocycles. The summed E-state index contributed by atoms with van der Waals surface area (Å²) in [5.41, 5.74) is 9.88. The first-order chi connectivity index (χ1) is 41.7. The highest BCUT2D eigenvalue weighted by molar-refractivity contribution is 6.47. The van der Waals surface area contributed by atoms with Gasteiger partial charge in [0.2, 0.25) is 0 Å². The van der Waals surface area contributed by atoms with E-state index in [1.165, 1.54) is 21.5 Å². The van der Waals surface area contributed by atoms with Crippen molar-refractivity contribution in [3.8, 4) is 45.3 Å². The van der Waals surface area contributed by atoms with Gasteiger partial charge in [-0.15, -0.1) is 0 Å². The van der Waals surface area contributed by atoms with Crippen molar-refractivity contribution in [2.75, 3.05) is 0 Å². The topological polar surface area (TPSA) is 110 Å². The molecule has 0 unspecified atom stereocenters. The molecule has 2 N–H and O–H groups in total. The second-order valence-corrected chi connectivity index (χ2v) is 22.6. The van der Waals surface area contributed by atoms with Gasteiger partial charge < -0.3 is 27.6 Å². The SMILES string of the molecule is c1coc(-c2c3nc(c(-c4ccco4)c4[nH]c(c(-c5ccco5)c5nc(c(-c6ccco6)c6[nH]c2c2c7cccc8cccc(c87)c62)c2c6cccc7cccc(c76)c52)c2c5cccc6cccc(c65)c42)c2c4cccc5cccc(c54)c32)c1. The summed E-state index contributed by atoms with van der Waals surface area (Å²) >= 11 is 0. The number of nitrogens with one attached hydrogen (secondary N) is 2. The fraction of sp³-hybridized carbons (Fsp3) is 0. The lowest BCUT2D eigenvalue weighted by molar-refractivity contribution is 0.583. The molecule has 21 aromatic rings. The van der Waals surface area contributed by atoms with Crippen LogP contribution in [0.2, 0.25) is 0 Å². The summed E-state index contributed by atoms with van der Waals surface area (Å²) in [5.74, 6) is 2.68. The lowest BCUT2D eigenvalue weighted by atomic mass is 10.0. The maximum atomic E-state index is 6.80. The maximum Gasteiger partial charge on any atom is 0.138 e. The summed E-state index contributed by atoms with van der Waals surface area (Å²) < 4.78 is 27.2. The lowest BCUT2D eigenvalue weighted by Crippen LogP contribution is -1.85. The summed E-state index contributed by atoms with van der Waals surface area (Å²) in [6.45, 7) is 0. The largest absolute Gasteiger partial charge is 0.464 e. The Labute approximate surface area is 473 Å². The molecule has 8 nitrogen and oxygen atoms in total. The van der Waals surface area contributed by atoms with Crippen LogP contribution >= 0.6 is 0 Å². The molecule has 8 aromatic heterocycles. The summed E-state index contributed by atoms with van der Waals surface area (Å²) in [4.78, 5) is 20.9. The molecule has 386 valence electrons. The number of rotatable bonds is 4. The molecule has 0 fully saturated rings.